The molecule has 79 valence electrons. The van der Waals surface area contributed by atoms with Gasteiger partial charge in [0, 0.05) is 12.0 Å². The van der Waals surface area contributed by atoms with E-state index in [1.807, 2.05) is 6.07 Å². The monoisotopic (exact) mass is 207 g/mol. The van der Waals surface area contributed by atoms with Crippen LogP contribution in [0.25, 0.3) is 0 Å². The molecule has 1 saturated heterocycles. The fourth-order valence-electron chi connectivity index (χ4n) is 1.51. The molecule has 2 rings (SSSR count). The first-order valence-electron chi connectivity index (χ1n) is 4.64. The second kappa shape index (κ2) is 4.00. The molecular weight excluding hydrogens is 196 g/mol. The van der Waals surface area contributed by atoms with Crippen molar-refractivity contribution in [2.45, 2.75) is 5.79 Å². The van der Waals surface area contributed by atoms with Crippen molar-refractivity contribution in [3.63, 3.8) is 0 Å². The molecule has 0 bridgehead atoms. The molecular formula is C11H11O4. The maximum Gasteiger partial charge on any atom is 0.369 e. The van der Waals surface area contributed by atoms with Gasteiger partial charge in [0.15, 0.2) is 0 Å². The molecule has 1 N–H and O–H groups in total. The van der Waals surface area contributed by atoms with Gasteiger partial charge in [0.1, 0.15) is 0 Å². The van der Waals surface area contributed by atoms with Crippen molar-refractivity contribution in [2.24, 2.45) is 0 Å². The third kappa shape index (κ3) is 1.73. The Kier molecular flexibility index (Phi) is 2.70. The molecule has 0 saturated carbocycles. The summed E-state index contributed by atoms with van der Waals surface area (Å²) in [6.45, 7) is 0.558. The van der Waals surface area contributed by atoms with Crippen molar-refractivity contribution in [1.82, 2.24) is 0 Å². The molecule has 4 nitrogen and oxygen atoms in total. The summed E-state index contributed by atoms with van der Waals surface area (Å²) in [7, 11) is 0. The van der Waals surface area contributed by atoms with Crippen LogP contribution in [0.2, 0.25) is 0 Å². The van der Waals surface area contributed by atoms with Crippen molar-refractivity contribution in [2.75, 3.05) is 13.2 Å². The first kappa shape index (κ1) is 10.1. The van der Waals surface area contributed by atoms with Gasteiger partial charge < -0.3 is 14.6 Å². The quantitative estimate of drug-likeness (QED) is 0.791. The van der Waals surface area contributed by atoms with Crippen LogP contribution in [-0.2, 0) is 20.1 Å². The molecule has 0 spiro atoms. The fourth-order valence-corrected chi connectivity index (χ4v) is 1.51. The Labute approximate surface area is 87.4 Å². The first-order chi connectivity index (χ1) is 7.26. The van der Waals surface area contributed by atoms with Crippen molar-refractivity contribution >= 4 is 5.97 Å². The summed E-state index contributed by atoms with van der Waals surface area (Å²) in [6, 6.07) is 8.68. The van der Waals surface area contributed by atoms with Gasteiger partial charge in [0.25, 0.3) is 5.79 Å². The van der Waals surface area contributed by atoms with Gasteiger partial charge in [-0.3, -0.25) is 0 Å². The van der Waals surface area contributed by atoms with Crippen LogP contribution < -0.4 is 0 Å². The van der Waals surface area contributed by atoms with Crippen LogP contribution in [0, 0.1) is 6.42 Å². The van der Waals surface area contributed by atoms with Crippen molar-refractivity contribution in [3.8, 4) is 0 Å². The standard InChI is InChI=1S/C11H11O4/c12-10(13)11(14-7-4-8-15-11)9-5-2-1-3-6-9/h1-6H,7-8H2,(H,12,13). The van der Waals surface area contributed by atoms with Gasteiger partial charge in [0.05, 0.1) is 13.2 Å². The average molecular weight is 207 g/mol. The van der Waals surface area contributed by atoms with E-state index in [-0.39, 0.29) is 13.2 Å². The normalized spacial score (nSPS) is 19.7. The number of hydrogen-bond acceptors (Lipinski definition) is 3. The second-order valence-corrected chi connectivity index (χ2v) is 3.20. The Balaban J connectivity index is 2.38. The highest BCUT2D eigenvalue weighted by atomic mass is 16.7. The highest BCUT2D eigenvalue weighted by Gasteiger charge is 2.45. The fraction of sp³-hybridized carbons (Fsp3) is 0.273. The van der Waals surface area contributed by atoms with Gasteiger partial charge in [-0.1, -0.05) is 30.3 Å². The minimum atomic E-state index is -1.64. The summed E-state index contributed by atoms with van der Waals surface area (Å²) < 4.78 is 10.5. The number of carbonyl (C=O) groups is 1. The Morgan fingerprint density at radius 3 is 2.33 bits per heavy atom. The van der Waals surface area contributed by atoms with E-state index in [9.17, 15) is 9.90 Å². The van der Waals surface area contributed by atoms with Crippen LogP contribution in [0.5, 0.6) is 0 Å². The molecule has 15 heavy (non-hydrogen) atoms. The van der Waals surface area contributed by atoms with E-state index >= 15 is 0 Å². The lowest BCUT2D eigenvalue weighted by molar-refractivity contribution is -0.261. The lowest BCUT2D eigenvalue weighted by atomic mass is 10.1. The molecule has 1 fully saturated rings. The van der Waals surface area contributed by atoms with Crippen LogP contribution in [0.3, 0.4) is 0 Å². The predicted octanol–water partition coefficient (Wildman–Crippen LogP) is 1.18. The molecule has 1 radical (unpaired) electrons. The Morgan fingerprint density at radius 2 is 1.80 bits per heavy atom. The van der Waals surface area contributed by atoms with Gasteiger partial charge in [-0.25, -0.2) is 4.79 Å². The zero-order valence-electron chi connectivity index (χ0n) is 8.05. The number of rotatable bonds is 2. The highest BCUT2D eigenvalue weighted by molar-refractivity contribution is 5.77. The Morgan fingerprint density at radius 1 is 1.20 bits per heavy atom. The van der Waals surface area contributed by atoms with E-state index in [2.05, 4.69) is 0 Å². The summed E-state index contributed by atoms with van der Waals surface area (Å²) in [6.07, 6.45) is 1.74. The van der Waals surface area contributed by atoms with Crippen LogP contribution in [-0.4, -0.2) is 24.3 Å². The summed E-state index contributed by atoms with van der Waals surface area (Å²) in [5.74, 6) is -2.77. The zero-order valence-corrected chi connectivity index (χ0v) is 8.05. The average Bonchev–Trinajstić information content (AvgIpc) is 2.31. The molecule has 1 aromatic carbocycles. The van der Waals surface area contributed by atoms with Crippen LogP contribution in [0.15, 0.2) is 30.3 Å². The van der Waals surface area contributed by atoms with Crippen LogP contribution in [0.1, 0.15) is 5.56 Å². The molecule has 1 heterocycles. The number of hydrogen-bond donors (Lipinski definition) is 1. The second-order valence-electron chi connectivity index (χ2n) is 3.20. The molecule has 0 unspecified atom stereocenters. The summed E-state index contributed by atoms with van der Waals surface area (Å²) in [4.78, 5) is 11.2. The van der Waals surface area contributed by atoms with Crippen LogP contribution >= 0.6 is 0 Å². The van der Waals surface area contributed by atoms with Gasteiger partial charge >= 0.3 is 5.97 Å². The zero-order chi connectivity index (χ0) is 10.7. The van der Waals surface area contributed by atoms with E-state index in [0.717, 1.165) is 0 Å². The summed E-state index contributed by atoms with van der Waals surface area (Å²) >= 11 is 0. The SMILES string of the molecule is O=C(O)C1(c2ccccc2)OC[CH]CO1. The van der Waals surface area contributed by atoms with E-state index in [4.69, 9.17) is 9.47 Å². The maximum absolute atomic E-state index is 11.2. The third-order valence-corrected chi connectivity index (χ3v) is 2.24. The first-order valence-corrected chi connectivity index (χ1v) is 4.64. The minimum absolute atomic E-state index is 0.279. The molecule has 0 aromatic heterocycles. The largest absolute Gasteiger partial charge is 0.477 e. The van der Waals surface area contributed by atoms with E-state index in [1.165, 1.54) is 0 Å². The molecule has 0 amide bonds. The van der Waals surface area contributed by atoms with Gasteiger partial charge in [0.2, 0.25) is 0 Å². The minimum Gasteiger partial charge on any atom is -0.477 e. The summed E-state index contributed by atoms with van der Waals surface area (Å²) in [5, 5.41) is 9.18. The molecule has 1 aromatic rings. The number of benzene rings is 1. The van der Waals surface area contributed by atoms with Crippen molar-refractivity contribution < 1.29 is 19.4 Å². The predicted molar refractivity (Wildman–Crippen MR) is 52.0 cm³/mol. The van der Waals surface area contributed by atoms with Crippen molar-refractivity contribution in [1.29, 1.82) is 0 Å². The number of aliphatic carboxylic acids is 1. The Bertz CT molecular complexity index is 341. The maximum atomic E-state index is 11.2. The third-order valence-electron chi connectivity index (χ3n) is 2.24. The highest BCUT2D eigenvalue weighted by Crippen LogP contribution is 2.30. The van der Waals surface area contributed by atoms with Gasteiger partial charge in [-0.05, 0) is 0 Å². The number of ether oxygens (including phenoxy) is 2. The smallest absolute Gasteiger partial charge is 0.369 e. The molecule has 0 atom stereocenters. The number of carboxylic acids is 1. The van der Waals surface area contributed by atoms with E-state index in [1.54, 1.807) is 30.7 Å². The molecule has 0 aliphatic carbocycles. The summed E-state index contributed by atoms with van der Waals surface area (Å²) in [5.41, 5.74) is 0.505. The van der Waals surface area contributed by atoms with Crippen LogP contribution in [0.4, 0.5) is 0 Å². The molecule has 1 aliphatic heterocycles. The molecule has 4 heteroatoms. The lowest BCUT2D eigenvalue weighted by Gasteiger charge is -2.33. The van der Waals surface area contributed by atoms with Crippen molar-refractivity contribution in [3.05, 3.63) is 42.3 Å². The van der Waals surface area contributed by atoms with Gasteiger partial charge in [-0.15, -0.1) is 0 Å². The van der Waals surface area contributed by atoms with Gasteiger partial charge in [-0.2, -0.15) is 0 Å². The lowest BCUT2D eigenvalue weighted by Crippen LogP contribution is -2.45. The van der Waals surface area contributed by atoms with E-state index in [0.29, 0.717) is 5.56 Å². The number of carboxylic acid groups (broad SMARTS) is 1. The van der Waals surface area contributed by atoms with E-state index < -0.39 is 11.8 Å². The Hall–Kier alpha value is -1.39. The topological polar surface area (TPSA) is 55.8 Å². The molecule has 1 aliphatic rings.